The van der Waals surface area contributed by atoms with E-state index in [9.17, 15) is 9.18 Å². The molecule has 1 amide bonds. The summed E-state index contributed by atoms with van der Waals surface area (Å²) in [5, 5.41) is 12.5. The van der Waals surface area contributed by atoms with E-state index < -0.39 is 5.95 Å². The Morgan fingerprint density at radius 3 is 2.67 bits per heavy atom. The van der Waals surface area contributed by atoms with Crippen LogP contribution in [0, 0.1) is 12.9 Å². The van der Waals surface area contributed by atoms with Gasteiger partial charge in [-0.15, -0.1) is 0 Å². The molecule has 0 saturated heterocycles. The van der Waals surface area contributed by atoms with Crippen molar-refractivity contribution in [3.63, 3.8) is 0 Å². The normalized spacial score (nSPS) is 14.2. The molecule has 2 aliphatic rings. The fraction of sp³-hybridized carbons (Fsp3) is 0.333. The molecule has 0 fully saturated rings. The second-order valence-corrected chi connectivity index (χ2v) is 7.95. The van der Waals surface area contributed by atoms with Crippen molar-refractivity contribution >= 4 is 29.0 Å². The zero-order chi connectivity index (χ0) is 23.2. The van der Waals surface area contributed by atoms with Crippen molar-refractivity contribution in [2.45, 2.75) is 33.1 Å². The molecule has 6 bridgehead atoms. The second-order valence-electron chi connectivity index (χ2n) is 7.95. The van der Waals surface area contributed by atoms with Gasteiger partial charge in [-0.25, -0.2) is 9.97 Å². The van der Waals surface area contributed by atoms with E-state index >= 15 is 0 Å². The zero-order valence-electron chi connectivity index (χ0n) is 18.8. The maximum absolute atomic E-state index is 14.5. The van der Waals surface area contributed by atoms with Crippen molar-refractivity contribution in [3.05, 3.63) is 53.7 Å². The third-order valence-electron chi connectivity index (χ3n) is 5.45. The van der Waals surface area contributed by atoms with Gasteiger partial charge in [0.1, 0.15) is 5.82 Å². The van der Waals surface area contributed by atoms with Crippen LogP contribution in [0.4, 0.5) is 27.5 Å². The minimum atomic E-state index is -0.647. The van der Waals surface area contributed by atoms with Gasteiger partial charge in [0, 0.05) is 48.8 Å². The highest BCUT2D eigenvalue weighted by Crippen LogP contribution is 2.29. The van der Waals surface area contributed by atoms with E-state index in [1.807, 2.05) is 26.0 Å². The Bertz CT molecular complexity index is 1150. The maximum Gasteiger partial charge on any atom is 0.253 e. The van der Waals surface area contributed by atoms with Gasteiger partial charge in [-0.05, 0) is 56.9 Å². The molecule has 4 heterocycles. The van der Waals surface area contributed by atoms with Crippen molar-refractivity contribution in [2.75, 3.05) is 35.6 Å². The van der Waals surface area contributed by atoms with Crippen LogP contribution >= 0.6 is 0 Å². The molecule has 8 nitrogen and oxygen atoms in total. The summed E-state index contributed by atoms with van der Waals surface area (Å²) in [5.74, 6) is 0.229. The molecule has 1 aromatic carbocycles. The highest BCUT2D eigenvalue weighted by atomic mass is 19.1. The first-order valence-corrected chi connectivity index (χ1v) is 11.2. The van der Waals surface area contributed by atoms with E-state index in [1.165, 1.54) is 6.20 Å². The number of anilines is 4. The SMILES string of the molecule is CCNc1cc2ccc1C(=O)NCCCCCNc1nc(ncc1C)Nc1cc-2cnc1F. The summed E-state index contributed by atoms with van der Waals surface area (Å²) in [6.07, 6.45) is 5.95. The minimum Gasteiger partial charge on any atom is -0.385 e. The summed E-state index contributed by atoms with van der Waals surface area (Å²) in [6.45, 7) is 5.91. The van der Waals surface area contributed by atoms with Crippen LogP contribution in [0.2, 0.25) is 0 Å². The number of fused-ring (bicyclic) bond motifs is 9. The minimum absolute atomic E-state index is 0.116. The lowest BCUT2D eigenvalue weighted by Crippen LogP contribution is -2.25. The quantitative estimate of drug-likeness (QED) is 0.428. The molecule has 172 valence electrons. The summed E-state index contributed by atoms with van der Waals surface area (Å²) < 4.78 is 14.5. The van der Waals surface area contributed by atoms with Gasteiger partial charge in [-0.3, -0.25) is 4.79 Å². The van der Waals surface area contributed by atoms with Crippen LogP contribution in [-0.4, -0.2) is 40.5 Å². The van der Waals surface area contributed by atoms with Gasteiger partial charge in [0.25, 0.3) is 5.91 Å². The average molecular weight is 450 g/mol. The van der Waals surface area contributed by atoms with E-state index in [-0.39, 0.29) is 17.5 Å². The Morgan fingerprint density at radius 1 is 1.03 bits per heavy atom. The number of carbonyl (C=O) groups is 1. The molecule has 2 aromatic heterocycles. The molecule has 0 spiro atoms. The summed E-state index contributed by atoms with van der Waals surface area (Å²) >= 11 is 0. The van der Waals surface area contributed by atoms with Gasteiger partial charge in [0.2, 0.25) is 11.9 Å². The smallest absolute Gasteiger partial charge is 0.253 e. The highest BCUT2D eigenvalue weighted by Gasteiger charge is 2.15. The topological polar surface area (TPSA) is 104 Å². The molecule has 0 atom stereocenters. The molecule has 0 saturated carbocycles. The van der Waals surface area contributed by atoms with Gasteiger partial charge in [0.15, 0.2) is 0 Å². The van der Waals surface area contributed by atoms with Crippen molar-refractivity contribution in [1.82, 2.24) is 20.3 Å². The Hall–Kier alpha value is -3.75. The van der Waals surface area contributed by atoms with Gasteiger partial charge in [-0.1, -0.05) is 6.07 Å². The fourth-order valence-electron chi connectivity index (χ4n) is 3.68. The van der Waals surface area contributed by atoms with E-state index in [0.29, 0.717) is 30.0 Å². The number of pyridine rings is 1. The number of nitrogens with zero attached hydrogens (tertiary/aromatic N) is 3. The van der Waals surface area contributed by atoms with E-state index in [1.54, 1.807) is 18.3 Å². The number of benzene rings is 1. The van der Waals surface area contributed by atoms with Gasteiger partial charge < -0.3 is 21.3 Å². The Morgan fingerprint density at radius 2 is 1.85 bits per heavy atom. The highest BCUT2D eigenvalue weighted by molar-refractivity contribution is 6.00. The lowest BCUT2D eigenvalue weighted by atomic mass is 10.0. The standard InChI is InChI=1S/C24H28FN7O/c1-3-26-19-11-16-7-8-18(19)23(33)28-10-6-4-5-9-27-22-15(2)13-30-24(32-22)31-20-12-17(16)14-29-21(20)25/h7-8,11-14,26H,3-6,9-10H2,1-2H3,(H,28,33)(H2,27,30,31,32). The number of rotatable bonds is 2. The van der Waals surface area contributed by atoms with Crippen LogP contribution in [0.5, 0.6) is 0 Å². The average Bonchev–Trinajstić information content (AvgIpc) is 2.81. The summed E-state index contributed by atoms with van der Waals surface area (Å²) in [6, 6.07) is 7.17. The maximum atomic E-state index is 14.5. The first-order chi connectivity index (χ1) is 16.0. The summed E-state index contributed by atoms with van der Waals surface area (Å²) in [4.78, 5) is 25.5. The third-order valence-corrected chi connectivity index (χ3v) is 5.45. The van der Waals surface area contributed by atoms with Crippen molar-refractivity contribution in [3.8, 4) is 11.1 Å². The number of hydrogen-bond acceptors (Lipinski definition) is 7. The Balaban J connectivity index is 1.74. The Kier molecular flexibility index (Phi) is 6.97. The molecule has 0 aliphatic carbocycles. The van der Waals surface area contributed by atoms with E-state index in [2.05, 4.69) is 36.2 Å². The molecule has 2 aliphatic heterocycles. The third kappa shape index (κ3) is 5.36. The molecule has 33 heavy (non-hydrogen) atoms. The fourth-order valence-corrected chi connectivity index (χ4v) is 3.68. The summed E-state index contributed by atoms with van der Waals surface area (Å²) in [7, 11) is 0. The van der Waals surface area contributed by atoms with Crippen LogP contribution in [0.1, 0.15) is 42.1 Å². The summed E-state index contributed by atoms with van der Waals surface area (Å²) in [5.41, 5.74) is 3.89. The number of aromatic nitrogens is 3. The van der Waals surface area contributed by atoms with Gasteiger partial charge >= 0.3 is 0 Å². The second kappa shape index (κ2) is 10.2. The van der Waals surface area contributed by atoms with Crippen molar-refractivity contribution in [2.24, 2.45) is 0 Å². The number of halogens is 1. The number of hydrogen-bond donors (Lipinski definition) is 4. The number of carbonyl (C=O) groups excluding carboxylic acids is 1. The number of nitrogens with one attached hydrogen (secondary N) is 4. The molecular formula is C24H28FN7O. The zero-order valence-corrected chi connectivity index (χ0v) is 18.8. The predicted octanol–water partition coefficient (Wildman–Crippen LogP) is 4.49. The first kappa shape index (κ1) is 22.4. The van der Waals surface area contributed by atoms with E-state index in [0.717, 1.165) is 42.6 Å². The van der Waals surface area contributed by atoms with Gasteiger partial charge in [-0.2, -0.15) is 9.37 Å². The van der Waals surface area contributed by atoms with Crippen LogP contribution in [0.3, 0.4) is 0 Å². The van der Waals surface area contributed by atoms with Crippen molar-refractivity contribution in [1.29, 1.82) is 0 Å². The molecule has 4 N–H and O–H groups in total. The van der Waals surface area contributed by atoms with Crippen LogP contribution < -0.4 is 21.3 Å². The number of amides is 1. The lowest BCUT2D eigenvalue weighted by molar-refractivity contribution is 0.0954. The number of aryl methyl sites for hydroxylation is 1. The van der Waals surface area contributed by atoms with Crippen LogP contribution in [0.15, 0.2) is 36.7 Å². The van der Waals surface area contributed by atoms with E-state index in [4.69, 9.17) is 0 Å². The lowest BCUT2D eigenvalue weighted by Gasteiger charge is -2.14. The van der Waals surface area contributed by atoms with Crippen LogP contribution in [-0.2, 0) is 0 Å². The molecule has 5 rings (SSSR count). The Labute approximate surface area is 192 Å². The predicted molar refractivity (Wildman–Crippen MR) is 129 cm³/mol. The largest absolute Gasteiger partial charge is 0.385 e. The van der Waals surface area contributed by atoms with Crippen molar-refractivity contribution < 1.29 is 9.18 Å². The monoisotopic (exact) mass is 449 g/mol. The molecule has 9 heteroatoms. The first-order valence-electron chi connectivity index (χ1n) is 11.2. The molecule has 3 aromatic rings. The molecular weight excluding hydrogens is 421 g/mol. The van der Waals surface area contributed by atoms with Gasteiger partial charge in [0.05, 0.1) is 11.3 Å². The molecule has 0 unspecified atom stereocenters. The van der Waals surface area contributed by atoms with Crippen LogP contribution in [0.25, 0.3) is 11.1 Å². The molecule has 0 radical (unpaired) electrons.